The van der Waals surface area contributed by atoms with Gasteiger partial charge >= 0.3 is 0 Å². The van der Waals surface area contributed by atoms with Gasteiger partial charge in [0.2, 0.25) is 0 Å². The van der Waals surface area contributed by atoms with Crippen LogP contribution in [-0.4, -0.2) is 5.91 Å². The molecule has 0 bridgehead atoms. The molecule has 0 fully saturated rings. The van der Waals surface area contributed by atoms with Gasteiger partial charge in [-0.2, -0.15) is 0 Å². The van der Waals surface area contributed by atoms with Crippen molar-refractivity contribution in [1.82, 2.24) is 0 Å². The molecule has 0 heterocycles. The van der Waals surface area contributed by atoms with Crippen molar-refractivity contribution in [1.29, 1.82) is 0 Å². The minimum Gasteiger partial charge on any atom is -0.321 e. The summed E-state index contributed by atoms with van der Waals surface area (Å²) in [5, 5.41) is 2.92. The highest BCUT2D eigenvalue weighted by Crippen LogP contribution is 2.24. The van der Waals surface area contributed by atoms with Gasteiger partial charge in [-0.25, -0.2) is 0 Å². The first-order chi connectivity index (χ1) is 8.97. The Bertz CT molecular complexity index is 640. The molecule has 0 saturated heterocycles. The van der Waals surface area contributed by atoms with Crippen molar-refractivity contribution in [3.8, 4) is 0 Å². The van der Waals surface area contributed by atoms with Crippen molar-refractivity contribution in [2.45, 2.75) is 18.7 Å². The maximum atomic E-state index is 12.3. The van der Waals surface area contributed by atoms with Crippen LogP contribution in [0.3, 0.4) is 0 Å². The summed E-state index contributed by atoms with van der Waals surface area (Å²) in [6.45, 7) is 3.90. The van der Waals surface area contributed by atoms with Gasteiger partial charge in [0.1, 0.15) is 0 Å². The second-order valence-corrected chi connectivity index (χ2v) is 5.81. The van der Waals surface area contributed by atoms with Crippen molar-refractivity contribution in [2.75, 3.05) is 5.32 Å². The number of nitrogens with one attached hydrogen (secondary N) is 1. The third-order valence-electron chi connectivity index (χ3n) is 2.84. The Labute approximate surface area is 126 Å². The lowest BCUT2D eigenvalue weighted by atomic mass is 10.1. The van der Waals surface area contributed by atoms with Gasteiger partial charge in [-0.05, 0) is 65.2 Å². The normalized spacial score (nSPS) is 10.3. The van der Waals surface area contributed by atoms with Crippen LogP contribution in [-0.2, 0) is 0 Å². The Hall–Kier alpha value is -1.26. The highest BCUT2D eigenvalue weighted by atomic mass is 79.9. The fourth-order valence-electron chi connectivity index (χ4n) is 1.78. The van der Waals surface area contributed by atoms with Gasteiger partial charge in [0.15, 0.2) is 0 Å². The molecule has 2 aromatic carbocycles. The summed E-state index contributed by atoms with van der Waals surface area (Å²) < 4.78 is 0.867. The number of benzene rings is 2. The van der Waals surface area contributed by atoms with Gasteiger partial charge in [-0.3, -0.25) is 4.79 Å². The van der Waals surface area contributed by atoms with Crippen LogP contribution in [0.4, 0.5) is 5.69 Å². The number of carbonyl (C=O) groups excluding carboxylic acids is 1. The second kappa shape index (κ2) is 5.80. The first-order valence-corrected chi connectivity index (χ1v) is 7.08. The number of hydrogen-bond donors (Lipinski definition) is 2. The van der Waals surface area contributed by atoms with E-state index in [4.69, 9.17) is 0 Å². The summed E-state index contributed by atoms with van der Waals surface area (Å²) in [5.74, 6) is -0.125. The molecule has 1 N–H and O–H groups in total. The minimum absolute atomic E-state index is 0.125. The van der Waals surface area contributed by atoms with Gasteiger partial charge in [-0.1, -0.05) is 12.1 Å². The van der Waals surface area contributed by atoms with Gasteiger partial charge in [0, 0.05) is 14.9 Å². The van der Waals surface area contributed by atoms with Crippen LogP contribution < -0.4 is 5.32 Å². The first-order valence-electron chi connectivity index (χ1n) is 5.84. The Kier molecular flexibility index (Phi) is 4.32. The van der Waals surface area contributed by atoms with Crippen LogP contribution in [0.1, 0.15) is 21.5 Å². The van der Waals surface area contributed by atoms with Crippen molar-refractivity contribution in [2.24, 2.45) is 0 Å². The number of hydrogen-bond acceptors (Lipinski definition) is 2. The van der Waals surface area contributed by atoms with E-state index in [0.717, 1.165) is 26.2 Å². The molecule has 98 valence electrons. The van der Waals surface area contributed by atoms with E-state index in [2.05, 4.69) is 33.9 Å². The van der Waals surface area contributed by atoms with Crippen molar-refractivity contribution in [3.63, 3.8) is 0 Å². The van der Waals surface area contributed by atoms with Crippen molar-refractivity contribution >= 4 is 40.2 Å². The van der Waals surface area contributed by atoms with E-state index in [1.54, 1.807) is 6.07 Å². The molecule has 0 unspecified atom stereocenters. The van der Waals surface area contributed by atoms with E-state index in [9.17, 15) is 4.79 Å². The first kappa shape index (κ1) is 14.2. The van der Waals surface area contributed by atoms with Gasteiger partial charge in [0.05, 0.1) is 5.69 Å². The molecule has 4 heteroatoms. The van der Waals surface area contributed by atoms with Crippen LogP contribution in [0.25, 0.3) is 0 Å². The van der Waals surface area contributed by atoms with Gasteiger partial charge in [-0.15, -0.1) is 12.6 Å². The Morgan fingerprint density at radius 1 is 1.16 bits per heavy atom. The summed E-state index contributed by atoms with van der Waals surface area (Å²) in [7, 11) is 0. The predicted molar refractivity (Wildman–Crippen MR) is 85.3 cm³/mol. The number of rotatable bonds is 2. The highest BCUT2D eigenvalue weighted by molar-refractivity contribution is 9.10. The third kappa shape index (κ3) is 3.39. The summed E-state index contributed by atoms with van der Waals surface area (Å²) >= 11 is 7.70. The molecule has 2 rings (SSSR count). The quantitative estimate of drug-likeness (QED) is 0.771. The lowest BCUT2D eigenvalue weighted by Crippen LogP contribution is -2.13. The molecule has 0 aliphatic carbocycles. The second-order valence-electron chi connectivity index (χ2n) is 4.44. The third-order valence-corrected chi connectivity index (χ3v) is 3.81. The molecular weight excluding hydrogens is 322 g/mol. The predicted octanol–water partition coefficient (Wildman–Crippen LogP) is 4.61. The monoisotopic (exact) mass is 335 g/mol. The van der Waals surface area contributed by atoms with E-state index in [1.165, 1.54) is 0 Å². The maximum absolute atomic E-state index is 12.3. The number of amides is 1. The lowest BCUT2D eigenvalue weighted by Gasteiger charge is -2.10. The molecule has 0 spiro atoms. The fraction of sp³-hybridized carbons (Fsp3) is 0.133. The molecule has 2 aromatic rings. The molecule has 0 aliphatic heterocycles. The standard InChI is InChI=1S/C15H14BrNOS/c1-9-3-6-13(16)14(7-9)17-15(18)12-8-11(19)5-4-10(12)2/h3-8,19H,1-2H3,(H,17,18). The molecule has 19 heavy (non-hydrogen) atoms. The van der Waals surface area contributed by atoms with E-state index >= 15 is 0 Å². The SMILES string of the molecule is Cc1ccc(Br)c(NC(=O)c2cc(S)ccc2C)c1. The number of aryl methyl sites for hydroxylation is 2. The smallest absolute Gasteiger partial charge is 0.255 e. The molecule has 2 nitrogen and oxygen atoms in total. The average molecular weight is 336 g/mol. The zero-order valence-corrected chi connectivity index (χ0v) is 13.2. The van der Waals surface area contributed by atoms with Crippen molar-refractivity contribution < 1.29 is 4.79 Å². The molecular formula is C15H14BrNOS. The Balaban J connectivity index is 2.30. The Morgan fingerprint density at radius 2 is 1.89 bits per heavy atom. The largest absolute Gasteiger partial charge is 0.321 e. The molecule has 0 aromatic heterocycles. The van der Waals surface area contributed by atoms with E-state index in [0.29, 0.717) is 5.56 Å². The minimum atomic E-state index is -0.125. The van der Waals surface area contributed by atoms with E-state index < -0.39 is 0 Å². The van der Waals surface area contributed by atoms with Crippen LogP contribution in [0.5, 0.6) is 0 Å². The zero-order chi connectivity index (χ0) is 14.0. The topological polar surface area (TPSA) is 29.1 Å². The van der Waals surface area contributed by atoms with Crippen LogP contribution >= 0.6 is 28.6 Å². The number of carbonyl (C=O) groups is 1. The fourth-order valence-corrected chi connectivity index (χ4v) is 2.33. The number of anilines is 1. The van der Waals surface area contributed by atoms with Crippen LogP contribution in [0.2, 0.25) is 0 Å². The van der Waals surface area contributed by atoms with Crippen LogP contribution in [0, 0.1) is 13.8 Å². The average Bonchev–Trinajstić information content (AvgIpc) is 2.36. The maximum Gasteiger partial charge on any atom is 0.255 e. The molecule has 0 aliphatic rings. The number of thiol groups is 1. The molecule has 0 saturated carbocycles. The van der Waals surface area contributed by atoms with E-state index in [-0.39, 0.29) is 5.91 Å². The lowest BCUT2D eigenvalue weighted by molar-refractivity contribution is 0.102. The van der Waals surface area contributed by atoms with E-state index in [1.807, 2.05) is 44.2 Å². The van der Waals surface area contributed by atoms with Gasteiger partial charge < -0.3 is 5.32 Å². The zero-order valence-electron chi connectivity index (χ0n) is 10.7. The summed E-state index contributed by atoms with van der Waals surface area (Å²) in [5.41, 5.74) is 3.44. The highest BCUT2D eigenvalue weighted by Gasteiger charge is 2.11. The molecule has 0 radical (unpaired) electrons. The van der Waals surface area contributed by atoms with Gasteiger partial charge in [0.25, 0.3) is 5.91 Å². The van der Waals surface area contributed by atoms with Crippen LogP contribution in [0.15, 0.2) is 45.8 Å². The Morgan fingerprint density at radius 3 is 2.63 bits per heavy atom. The van der Waals surface area contributed by atoms with Crippen molar-refractivity contribution in [3.05, 3.63) is 57.6 Å². The number of halogens is 1. The molecule has 0 atom stereocenters. The summed E-state index contributed by atoms with van der Waals surface area (Å²) in [4.78, 5) is 13.1. The summed E-state index contributed by atoms with van der Waals surface area (Å²) in [6, 6.07) is 11.4. The molecule has 1 amide bonds. The summed E-state index contributed by atoms with van der Waals surface area (Å²) in [6.07, 6.45) is 0.